The van der Waals surface area contributed by atoms with E-state index in [9.17, 15) is 9.18 Å². The third-order valence-corrected chi connectivity index (χ3v) is 4.51. The van der Waals surface area contributed by atoms with Crippen LogP contribution in [0.5, 0.6) is 0 Å². The number of nitrogens with zero attached hydrogens (tertiary/aromatic N) is 3. The van der Waals surface area contributed by atoms with Crippen LogP contribution in [-0.2, 0) is 11.3 Å². The smallest absolute Gasteiger partial charge is 0.234 e. The molecule has 0 aliphatic carbocycles. The molecule has 1 fully saturated rings. The second-order valence-corrected chi connectivity index (χ2v) is 8.15. The lowest BCUT2D eigenvalue weighted by molar-refractivity contribution is -0.124. The maximum atomic E-state index is 13.5. The molecule has 2 N–H and O–H groups in total. The van der Waals surface area contributed by atoms with Crippen LogP contribution < -0.4 is 5.32 Å². The third-order valence-electron chi connectivity index (χ3n) is 4.51. The van der Waals surface area contributed by atoms with Crippen molar-refractivity contribution in [3.8, 4) is 0 Å². The van der Waals surface area contributed by atoms with Gasteiger partial charge in [-0.2, -0.15) is 0 Å². The Hall–Kier alpha value is -1.99. The molecule has 1 aliphatic rings. The van der Waals surface area contributed by atoms with Gasteiger partial charge in [0.15, 0.2) is 0 Å². The predicted octanol–water partition coefficient (Wildman–Crippen LogP) is 2.04. The maximum absolute atomic E-state index is 13.5. The first kappa shape index (κ1) is 18.8. The molecular weight excluding hydrogens is 333 g/mol. The predicted molar refractivity (Wildman–Crippen MR) is 100 cm³/mol. The van der Waals surface area contributed by atoms with E-state index in [1.165, 1.54) is 12.1 Å². The van der Waals surface area contributed by atoms with Crippen LogP contribution in [0.25, 0.3) is 11.0 Å². The molecule has 0 unspecified atom stereocenters. The molecule has 1 aromatic carbocycles. The van der Waals surface area contributed by atoms with Crippen LogP contribution in [0.1, 0.15) is 32.2 Å². The van der Waals surface area contributed by atoms with Crippen LogP contribution in [0.3, 0.4) is 0 Å². The van der Waals surface area contributed by atoms with E-state index in [0.717, 1.165) is 48.6 Å². The minimum atomic E-state index is -0.243. The largest absolute Gasteiger partial charge is 0.350 e. The fourth-order valence-corrected chi connectivity index (χ4v) is 3.35. The Labute approximate surface area is 153 Å². The minimum Gasteiger partial charge on any atom is -0.350 e. The summed E-state index contributed by atoms with van der Waals surface area (Å²) in [6, 6.07) is 3.00. The molecule has 6 nitrogen and oxygen atoms in total. The van der Waals surface area contributed by atoms with Crippen molar-refractivity contribution in [3.05, 3.63) is 29.3 Å². The molecular formula is C19H28FN5O. The number of nitrogens with one attached hydrogen (secondary N) is 2. The molecule has 0 saturated carbocycles. The van der Waals surface area contributed by atoms with Crippen molar-refractivity contribution in [2.75, 3.05) is 32.7 Å². The molecule has 0 atom stereocenters. The van der Waals surface area contributed by atoms with Gasteiger partial charge < -0.3 is 10.3 Å². The number of aromatic nitrogens is 2. The lowest BCUT2D eigenvalue weighted by atomic mass is 10.1. The van der Waals surface area contributed by atoms with Gasteiger partial charge in [-0.3, -0.25) is 14.6 Å². The van der Waals surface area contributed by atoms with Crippen LogP contribution in [0, 0.1) is 12.7 Å². The number of carbonyl (C=O) groups is 1. The van der Waals surface area contributed by atoms with Crippen molar-refractivity contribution in [2.24, 2.45) is 0 Å². The number of halogens is 1. The number of aromatic amines is 1. The van der Waals surface area contributed by atoms with E-state index in [-0.39, 0.29) is 17.3 Å². The molecule has 26 heavy (non-hydrogen) atoms. The first-order valence-corrected chi connectivity index (χ1v) is 9.10. The van der Waals surface area contributed by atoms with E-state index in [0.29, 0.717) is 13.1 Å². The Morgan fingerprint density at radius 2 is 1.88 bits per heavy atom. The van der Waals surface area contributed by atoms with Gasteiger partial charge in [0.1, 0.15) is 11.6 Å². The minimum absolute atomic E-state index is 0.0701. The summed E-state index contributed by atoms with van der Waals surface area (Å²) in [5.74, 6) is 0.681. The number of benzene rings is 1. The first-order valence-electron chi connectivity index (χ1n) is 9.10. The standard InChI is InChI=1S/C19H28FN5O/c1-13-9-14(20)10-15-18(13)22-16(21-15)11-24-5-7-25(8-6-24)12-17(26)23-19(2,3)4/h9-10H,5-8,11-12H2,1-4H3,(H,21,22)(H,23,26). The van der Waals surface area contributed by atoms with E-state index in [1.807, 2.05) is 27.7 Å². The Kier molecular flexibility index (Phi) is 5.29. The van der Waals surface area contributed by atoms with Crippen molar-refractivity contribution >= 4 is 16.9 Å². The van der Waals surface area contributed by atoms with Crippen LogP contribution in [0.2, 0.25) is 0 Å². The van der Waals surface area contributed by atoms with Gasteiger partial charge in [-0.25, -0.2) is 9.37 Å². The number of fused-ring (bicyclic) bond motifs is 1. The number of hydrogen-bond donors (Lipinski definition) is 2. The highest BCUT2D eigenvalue weighted by Crippen LogP contribution is 2.19. The van der Waals surface area contributed by atoms with E-state index in [2.05, 4.69) is 25.1 Å². The number of H-pyrrole nitrogens is 1. The summed E-state index contributed by atoms with van der Waals surface area (Å²) in [5.41, 5.74) is 2.23. The number of hydrogen-bond acceptors (Lipinski definition) is 4. The first-order chi connectivity index (χ1) is 12.2. The van der Waals surface area contributed by atoms with Crippen LogP contribution in [-0.4, -0.2) is 63.9 Å². The molecule has 7 heteroatoms. The number of imidazole rings is 1. The molecule has 1 aliphatic heterocycles. The van der Waals surface area contributed by atoms with Crippen LogP contribution >= 0.6 is 0 Å². The highest BCUT2D eigenvalue weighted by Gasteiger charge is 2.22. The highest BCUT2D eigenvalue weighted by atomic mass is 19.1. The molecule has 2 heterocycles. The van der Waals surface area contributed by atoms with Gasteiger partial charge in [0.2, 0.25) is 5.91 Å². The zero-order valence-corrected chi connectivity index (χ0v) is 16.0. The second-order valence-electron chi connectivity index (χ2n) is 8.15. The summed E-state index contributed by atoms with van der Waals surface area (Å²) in [6.07, 6.45) is 0. The van der Waals surface area contributed by atoms with Crippen molar-refractivity contribution < 1.29 is 9.18 Å². The van der Waals surface area contributed by atoms with Gasteiger partial charge in [0, 0.05) is 31.7 Å². The van der Waals surface area contributed by atoms with E-state index < -0.39 is 0 Å². The molecule has 142 valence electrons. The highest BCUT2D eigenvalue weighted by molar-refractivity contribution is 5.79. The topological polar surface area (TPSA) is 64.3 Å². The van der Waals surface area contributed by atoms with Gasteiger partial charge in [0.25, 0.3) is 0 Å². The van der Waals surface area contributed by atoms with Crippen LogP contribution in [0.4, 0.5) is 4.39 Å². The molecule has 0 bridgehead atoms. The molecule has 1 aromatic heterocycles. The Bertz CT molecular complexity index is 787. The van der Waals surface area contributed by atoms with E-state index in [1.54, 1.807) is 0 Å². The Balaban J connectivity index is 1.53. The lowest BCUT2D eigenvalue weighted by Crippen LogP contribution is -2.51. The monoisotopic (exact) mass is 361 g/mol. The normalized spacial score (nSPS) is 17.0. The number of piperazine rings is 1. The second kappa shape index (κ2) is 7.32. The average Bonchev–Trinajstić information content (AvgIpc) is 2.90. The van der Waals surface area contributed by atoms with E-state index in [4.69, 9.17) is 0 Å². The third kappa shape index (κ3) is 4.80. The summed E-state index contributed by atoms with van der Waals surface area (Å²) >= 11 is 0. The van der Waals surface area contributed by atoms with Crippen molar-refractivity contribution in [1.82, 2.24) is 25.1 Å². The fraction of sp³-hybridized carbons (Fsp3) is 0.579. The Morgan fingerprint density at radius 1 is 1.23 bits per heavy atom. The maximum Gasteiger partial charge on any atom is 0.234 e. The summed E-state index contributed by atoms with van der Waals surface area (Å²) in [5, 5.41) is 3.00. The summed E-state index contributed by atoms with van der Waals surface area (Å²) in [6.45, 7) is 12.5. The fourth-order valence-electron chi connectivity index (χ4n) is 3.35. The molecule has 1 saturated heterocycles. The number of aryl methyl sites for hydroxylation is 1. The van der Waals surface area contributed by atoms with Crippen molar-refractivity contribution in [2.45, 2.75) is 39.8 Å². The Morgan fingerprint density at radius 3 is 2.54 bits per heavy atom. The summed E-state index contributed by atoms with van der Waals surface area (Å²) in [4.78, 5) is 24.4. The zero-order valence-electron chi connectivity index (χ0n) is 16.0. The quantitative estimate of drug-likeness (QED) is 0.875. The summed E-state index contributed by atoms with van der Waals surface area (Å²) < 4.78 is 13.5. The van der Waals surface area contributed by atoms with Gasteiger partial charge in [0.05, 0.1) is 24.1 Å². The SMILES string of the molecule is Cc1cc(F)cc2[nH]c(CN3CCN(CC(=O)NC(C)(C)C)CC3)nc12. The lowest BCUT2D eigenvalue weighted by Gasteiger charge is -2.34. The van der Waals surface area contributed by atoms with Crippen LogP contribution in [0.15, 0.2) is 12.1 Å². The van der Waals surface area contributed by atoms with Crippen molar-refractivity contribution in [3.63, 3.8) is 0 Å². The van der Waals surface area contributed by atoms with E-state index >= 15 is 0 Å². The molecule has 2 aromatic rings. The van der Waals surface area contributed by atoms with Gasteiger partial charge in [-0.1, -0.05) is 0 Å². The molecule has 0 spiro atoms. The zero-order chi connectivity index (χ0) is 18.9. The van der Waals surface area contributed by atoms with Gasteiger partial charge in [-0.15, -0.1) is 0 Å². The van der Waals surface area contributed by atoms with Gasteiger partial charge in [-0.05, 0) is 45.4 Å². The molecule has 3 rings (SSSR count). The summed E-state index contributed by atoms with van der Waals surface area (Å²) in [7, 11) is 0. The van der Waals surface area contributed by atoms with Crippen molar-refractivity contribution in [1.29, 1.82) is 0 Å². The number of carbonyl (C=O) groups excluding carboxylic acids is 1. The molecule has 1 amide bonds. The average molecular weight is 361 g/mol. The molecule has 0 radical (unpaired) electrons. The number of amides is 1. The number of rotatable bonds is 4. The van der Waals surface area contributed by atoms with Gasteiger partial charge >= 0.3 is 0 Å².